The van der Waals surface area contributed by atoms with E-state index in [4.69, 9.17) is 11.6 Å². The molecule has 0 aliphatic rings. The van der Waals surface area contributed by atoms with Gasteiger partial charge in [-0.15, -0.1) is 0 Å². The van der Waals surface area contributed by atoms with Gasteiger partial charge in [-0.3, -0.25) is 0 Å². The van der Waals surface area contributed by atoms with Crippen LogP contribution in [0.1, 0.15) is 24.1 Å². The topological polar surface area (TPSA) is 12.0 Å². The molecule has 1 nitrogen and oxygen atoms in total. The maximum atomic E-state index is 5.94. The smallest absolute Gasteiger partial charge is 0.0417 e. The van der Waals surface area contributed by atoms with Crippen molar-refractivity contribution in [3.63, 3.8) is 0 Å². The third-order valence-corrected chi connectivity index (χ3v) is 4.49. The van der Waals surface area contributed by atoms with Crippen molar-refractivity contribution in [2.45, 2.75) is 19.5 Å². The van der Waals surface area contributed by atoms with Crippen LogP contribution >= 0.6 is 43.5 Å². The van der Waals surface area contributed by atoms with E-state index in [1.54, 1.807) is 0 Å². The first kappa shape index (κ1) is 15.0. The summed E-state index contributed by atoms with van der Waals surface area (Å²) in [5.41, 5.74) is 2.47. The lowest BCUT2D eigenvalue weighted by molar-refractivity contribution is 0.573. The highest BCUT2D eigenvalue weighted by Gasteiger charge is 2.06. The largest absolute Gasteiger partial charge is 0.306 e. The molecule has 0 saturated heterocycles. The summed E-state index contributed by atoms with van der Waals surface area (Å²) in [7, 11) is 0. The Kier molecular flexibility index (Phi) is 5.46. The monoisotopic (exact) mass is 401 g/mol. The van der Waals surface area contributed by atoms with Gasteiger partial charge < -0.3 is 5.32 Å². The first-order valence-corrected chi connectivity index (χ1v) is 7.95. The maximum absolute atomic E-state index is 5.94. The quantitative estimate of drug-likeness (QED) is 0.689. The van der Waals surface area contributed by atoms with E-state index in [1.165, 1.54) is 11.1 Å². The molecule has 1 N–H and O–H groups in total. The average molecular weight is 404 g/mol. The fourth-order valence-corrected chi connectivity index (χ4v) is 2.88. The third kappa shape index (κ3) is 4.32. The molecule has 0 aliphatic heterocycles. The number of nitrogens with one attached hydrogen (secondary N) is 1. The number of hydrogen-bond donors (Lipinski definition) is 1. The van der Waals surface area contributed by atoms with Gasteiger partial charge in [0.05, 0.1) is 0 Å². The molecule has 2 aromatic carbocycles. The molecule has 2 rings (SSSR count). The van der Waals surface area contributed by atoms with Gasteiger partial charge in [-0.2, -0.15) is 0 Å². The van der Waals surface area contributed by atoms with Gasteiger partial charge in [0.15, 0.2) is 0 Å². The van der Waals surface area contributed by atoms with E-state index < -0.39 is 0 Å². The van der Waals surface area contributed by atoms with Crippen molar-refractivity contribution in [1.29, 1.82) is 0 Å². The summed E-state index contributed by atoms with van der Waals surface area (Å²) in [6.45, 7) is 2.96. The fraction of sp³-hybridized carbons (Fsp3) is 0.200. The molecule has 0 saturated carbocycles. The highest BCUT2D eigenvalue weighted by atomic mass is 79.9. The summed E-state index contributed by atoms with van der Waals surface area (Å²) in [6, 6.07) is 14.5. The van der Waals surface area contributed by atoms with Gasteiger partial charge in [0.25, 0.3) is 0 Å². The standard InChI is InChI=1S/C15H14Br2ClN/c1-10(11-2-5-13(16)6-3-11)19-9-12-4-7-14(18)8-15(12)17/h2-8,10,19H,9H2,1H3/t10-/m1/s1. The highest BCUT2D eigenvalue weighted by molar-refractivity contribution is 9.10. The maximum Gasteiger partial charge on any atom is 0.0417 e. The Morgan fingerprint density at radius 1 is 1.11 bits per heavy atom. The predicted octanol–water partition coefficient (Wildman–Crippen LogP) is 5.72. The summed E-state index contributed by atoms with van der Waals surface area (Å²) in [4.78, 5) is 0. The molecule has 100 valence electrons. The Hall–Kier alpha value is -0.350. The molecule has 0 bridgehead atoms. The lowest BCUT2D eigenvalue weighted by atomic mass is 10.1. The highest BCUT2D eigenvalue weighted by Crippen LogP contribution is 2.23. The van der Waals surface area contributed by atoms with E-state index in [0.717, 1.165) is 20.5 Å². The van der Waals surface area contributed by atoms with Gasteiger partial charge in [0.1, 0.15) is 0 Å². The average Bonchev–Trinajstić information content (AvgIpc) is 2.38. The lowest BCUT2D eigenvalue weighted by Gasteiger charge is -2.15. The molecule has 4 heteroatoms. The predicted molar refractivity (Wildman–Crippen MR) is 88.5 cm³/mol. The first-order chi connectivity index (χ1) is 9.06. The summed E-state index contributed by atoms with van der Waals surface area (Å²) >= 11 is 12.9. The molecule has 0 fully saturated rings. The fourth-order valence-electron chi connectivity index (χ4n) is 1.80. The second-order valence-electron chi connectivity index (χ2n) is 4.39. The van der Waals surface area contributed by atoms with Gasteiger partial charge in [0.2, 0.25) is 0 Å². The first-order valence-electron chi connectivity index (χ1n) is 5.99. The Labute approximate surface area is 135 Å². The zero-order valence-corrected chi connectivity index (χ0v) is 14.4. The second-order valence-corrected chi connectivity index (χ2v) is 6.60. The Balaban J connectivity index is 2.00. The van der Waals surface area contributed by atoms with Gasteiger partial charge >= 0.3 is 0 Å². The van der Waals surface area contributed by atoms with Crippen LogP contribution in [-0.4, -0.2) is 0 Å². The minimum Gasteiger partial charge on any atom is -0.306 e. The molecule has 0 aliphatic carbocycles. The third-order valence-electron chi connectivity index (χ3n) is 2.98. The van der Waals surface area contributed by atoms with Gasteiger partial charge in [-0.1, -0.05) is 61.7 Å². The molecule has 0 heterocycles. The number of halogens is 3. The SMILES string of the molecule is C[C@@H](NCc1ccc(Cl)cc1Br)c1ccc(Br)cc1. The van der Waals surface area contributed by atoms with Gasteiger partial charge in [-0.05, 0) is 42.3 Å². The van der Waals surface area contributed by atoms with Crippen LogP contribution in [0.5, 0.6) is 0 Å². The van der Waals surface area contributed by atoms with Gasteiger partial charge in [-0.25, -0.2) is 0 Å². The molecule has 2 aromatic rings. The van der Waals surface area contributed by atoms with Gasteiger partial charge in [0, 0.05) is 26.6 Å². The number of hydrogen-bond acceptors (Lipinski definition) is 1. The molecule has 0 amide bonds. The molecule has 0 aromatic heterocycles. The normalized spacial score (nSPS) is 12.4. The van der Waals surface area contributed by atoms with Crippen molar-refractivity contribution >= 4 is 43.5 Å². The number of rotatable bonds is 4. The van der Waals surface area contributed by atoms with E-state index in [2.05, 4.69) is 68.4 Å². The summed E-state index contributed by atoms with van der Waals surface area (Å²) < 4.78 is 2.14. The summed E-state index contributed by atoms with van der Waals surface area (Å²) in [6.07, 6.45) is 0. The summed E-state index contributed by atoms with van der Waals surface area (Å²) in [5, 5.41) is 4.25. The van der Waals surface area contributed by atoms with Crippen molar-refractivity contribution < 1.29 is 0 Å². The van der Waals surface area contributed by atoms with Crippen LogP contribution in [0.3, 0.4) is 0 Å². The van der Waals surface area contributed by atoms with Crippen molar-refractivity contribution in [2.75, 3.05) is 0 Å². The zero-order chi connectivity index (χ0) is 13.8. The van der Waals surface area contributed by atoms with E-state index in [1.807, 2.05) is 18.2 Å². The van der Waals surface area contributed by atoms with E-state index in [-0.39, 0.29) is 0 Å². The summed E-state index contributed by atoms with van der Waals surface area (Å²) in [5.74, 6) is 0. The van der Waals surface area contributed by atoms with Crippen molar-refractivity contribution in [1.82, 2.24) is 5.32 Å². The molecule has 19 heavy (non-hydrogen) atoms. The Morgan fingerprint density at radius 3 is 2.42 bits per heavy atom. The molecule has 0 spiro atoms. The lowest BCUT2D eigenvalue weighted by Crippen LogP contribution is -2.18. The Bertz CT molecular complexity index is 555. The van der Waals surface area contributed by atoms with Crippen molar-refractivity contribution in [3.05, 3.63) is 67.6 Å². The number of benzene rings is 2. The second kappa shape index (κ2) is 6.89. The zero-order valence-electron chi connectivity index (χ0n) is 10.5. The van der Waals surface area contributed by atoms with Crippen LogP contribution < -0.4 is 5.32 Å². The van der Waals surface area contributed by atoms with Crippen LogP contribution in [0.25, 0.3) is 0 Å². The molecular formula is C15H14Br2ClN. The minimum atomic E-state index is 0.302. The van der Waals surface area contributed by atoms with Crippen molar-refractivity contribution in [2.24, 2.45) is 0 Å². The Morgan fingerprint density at radius 2 is 1.79 bits per heavy atom. The van der Waals surface area contributed by atoms with Crippen LogP contribution in [0.2, 0.25) is 5.02 Å². The van der Waals surface area contributed by atoms with E-state index in [9.17, 15) is 0 Å². The van der Waals surface area contributed by atoms with E-state index in [0.29, 0.717) is 6.04 Å². The molecular weight excluding hydrogens is 389 g/mol. The van der Waals surface area contributed by atoms with Crippen LogP contribution in [0, 0.1) is 0 Å². The molecule has 0 radical (unpaired) electrons. The van der Waals surface area contributed by atoms with Crippen LogP contribution in [0.4, 0.5) is 0 Å². The molecule has 1 atom stereocenters. The molecule has 0 unspecified atom stereocenters. The van der Waals surface area contributed by atoms with E-state index >= 15 is 0 Å². The minimum absolute atomic E-state index is 0.302. The van der Waals surface area contributed by atoms with Crippen LogP contribution in [-0.2, 0) is 6.54 Å². The van der Waals surface area contributed by atoms with Crippen LogP contribution in [0.15, 0.2) is 51.4 Å². The van der Waals surface area contributed by atoms with Crippen molar-refractivity contribution in [3.8, 4) is 0 Å².